The molecule has 0 aliphatic heterocycles. The molecule has 0 spiro atoms. The monoisotopic (exact) mass is 563 g/mol. The van der Waals surface area contributed by atoms with Crippen LogP contribution in [-0.2, 0) is 20.8 Å². The molecule has 3 heterocycles. The summed E-state index contributed by atoms with van der Waals surface area (Å²) in [6.07, 6.45) is 6.83. The predicted octanol–water partition coefficient (Wildman–Crippen LogP) is 3.67. The molecule has 0 aromatic carbocycles. The van der Waals surface area contributed by atoms with Crippen LogP contribution in [0.3, 0.4) is 0 Å². The van der Waals surface area contributed by atoms with E-state index in [4.69, 9.17) is 14.5 Å². The van der Waals surface area contributed by atoms with Crippen LogP contribution in [0.1, 0.15) is 49.5 Å². The third-order valence-corrected chi connectivity index (χ3v) is 5.91. The average Bonchev–Trinajstić information content (AvgIpc) is 2.92. The first kappa shape index (κ1) is 30.8. The van der Waals surface area contributed by atoms with E-state index in [1.807, 2.05) is 26.8 Å². The highest BCUT2D eigenvalue weighted by atomic mass is 16.6. The minimum absolute atomic E-state index is 0.0230. The maximum absolute atomic E-state index is 13.6. The van der Waals surface area contributed by atoms with Gasteiger partial charge in [-0.3, -0.25) is 24.1 Å². The van der Waals surface area contributed by atoms with Gasteiger partial charge < -0.3 is 14.0 Å². The lowest BCUT2D eigenvalue weighted by atomic mass is 10.2. The zero-order valence-corrected chi connectivity index (χ0v) is 23.5. The van der Waals surface area contributed by atoms with Gasteiger partial charge in [-0.2, -0.15) is 4.99 Å². The largest absolute Gasteiger partial charge is 0.462 e. The summed E-state index contributed by atoms with van der Waals surface area (Å²) in [4.78, 5) is 59.5. The minimum atomic E-state index is -0.870. The number of rotatable bonds is 12. The number of nitro groups is 1. The van der Waals surface area contributed by atoms with Crippen molar-refractivity contribution >= 4 is 28.6 Å². The number of pyridine rings is 2. The Bertz CT molecular complexity index is 1680. The van der Waals surface area contributed by atoms with Gasteiger partial charge in [0.25, 0.3) is 17.2 Å². The van der Waals surface area contributed by atoms with Crippen molar-refractivity contribution in [2.24, 2.45) is 4.99 Å². The number of hydrogen-bond acceptors (Lipinski definition) is 8. The molecule has 12 nitrogen and oxygen atoms in total. The molecule has 0 saturated carbocycles. The molecule has 0 N–H and O–H groups in total. The Labute approximate surface area is 236 Å². The highest BCUT2D eigenvalue weighted by molar-refractivity contribution is 5.94. The molecular weight excluding hydrogens is 530 g/mol. The number of hydrogen-bond donors (Lipinski definition) is 0. The van der Waals surface area contributed by atoms with Gasteiger partial charge in [-0.1, -0.05) is 30.9 Å². The number of allylic oxidation sites excluding steroid dienone is 4. The number of aryl methyl sites for hydroxylation is 2. The van der Waals surface area contributed by atoms with E-state index in [1.165, 1.54) is 39.3 Å². The second kappa shape index (κ2) is 14.1. The average molecular weight is 564 g/mol. The Balaban J connectivity index is 2.35. The number of carbonyl (C=O) groups is 2. The van der Waals surface area contributed by atoms with Crippen molar-refractivity contribution < 1.29 is 24.0 Å². The Morgan fingerprint density at radius 2 is 2.02 bits per heavy atom. The third kappa shape index (κ3) is 7.48. The fourth-order valence-electron chi connectivity index (χ4n) is 4.06. The van der Waals surface area contributed by atoms with E-state index >= 15 is 0 Å². The highest BCUT2D eigenvalue weighted by Crippen LogP contribution is 2.15. The molecule has 0 aliphatic carbocycles. The Hall–Kier alpha value is -4.71. The van der Waals surface area contributed by atoms with Crippen molar-refractivity contribution in [3.63, 3.8) is 0 Å². The number of ether oxygens (including phenoxy) is 2. The summed E-state index contributed by atoms with van der Waals surface area (Å²) in [5, 5.41) is 11.7. The lowest BCUT2D eigenvalue weighted by molar-refractivity contribution is -0.426. The quantitative estimate of drug-likeness (QED) is 0.0810. The van der Waals surface area contributed by atoms with Crippen LogP contribution in [0, 0.1) is 17.0 Å². The molecule has 0 unspecified atom stereocenters. The summed E-state index contributed by atoms with van der Waals surface area (Å²) in [6, 6.07) is 4.83. The first-order chi connectivity index (χ1) is 19.6. The topological polar surface area (TPSA) is 147 Å². The molecule has 41 heavy (non-hydrogen) atoms. The molecule has 0 atom stereocenters. The molecule has 0 radical (unpaired) electrons. The Kier molecular flexibility index (Phi) is 10.6. The Morgan fingerprint density at radius 3 is 2.68 bits per heavy atom. The van der Waals surface area contributed by atoms with Gasteiger partial charge in [0.1, 0.15) is 23.3 Å². The van der Waals surface area contributed by atoms with Crippen LogP contribution in [0.15, 0.2) is 70.8 Å². The number of aromatic nitrogens is 3. The van der Waals surface area contributed by atoms with Crippen molar-refractivity contribution in [2.45, 2.75) is 53.2 Å². The normalized spacial score (nSPS) is 12.5. The minimum Gasteiger partial charge on any atom is -0.462 e. The summed E-state index contributed by atoms with van der Waals surface area (Å²) >= 11 is 0. The van der Waals surface area contributed by atoms with E-state index in [1.54, 1.807) is 19.2 Å². The first-order valence-electron chi connectivity index (χ1n) is 13.1. The summed E-state index contributed by atoms with van der Waals surface area (Å²) < 4.78 is 13.8. The molecule has 0 saturated heterocycles. The smallest absolute Gasteiger partial charge is 0.341 e. The molecule has 3 rings (SSSR count). The summed E-state index contributed by atoms with van der Waals surface area (Å²) in [5.74, 6) is -1.67. The number of amides is 1. The molecular formula is C29H33N5O7. The number of carbonyl (C=O) groups excluding carboxylic acids is 2. The van der Waals surface area contributed by atoms with Gasteiger partial charge in [0.15, 0.2) is 5.49 Å². The van der Waals surface area contributed by atoms with Gasteiger partial charge in [0.2, 0.25) is 0 Å². The summed E-state index contributed by atoms with van der Waals surface area (Å²) in [6.45, 7) is 11.3. The van der Waals surface area contributed by atoms with E-state index in [9.17, 15) is 24.5 Å². The van der Waals surface area contributed by atoms with Crippen LogP contribution < -0.4 is 11.0 Å². The van der Waals surface area contributed by atoms with E-state index in [0.717, 1.165) is 5.56 Å². The SMILES string of the molecule is C=C/C=C/C=C(/CC(=O)N=c1c(C(=O)OCC)cc2c(=O)n3cccc(C)c3nc2n1CCCOC(C)C)[N+](=O)[O-]. The molecule has 1 amide bonds. The van der Waals surface area contributed by atoms with Gasteiger partial charge in [-0.25, -0.2) is 9.78 Å². The second-order valence-electron chi connectivity index (χ2n) is 9.28. The molecule has 0 aliphatic rings. The number of fused-ring (bicyclic) bond motifs is 2. The van der Waals surface area contributed by atoms with E-state index in [-0.39, 0.29) is 41.3 Å². The van der Waals surface area contributed by atoms with Crippen molar-refractivity contribution in [1.82, 2.24) is 14.0 Å². The zero-order valence-electron chi connectivity index (χ0n) is 23.5. The molecule has 3 aromatic rings. The van der Waals surface area contributed by atoms with E-state index < -0.39 is 34.5 Å². The van der Waals surface area contributed by atoms with Crippen LogP contribution in [0.25, 0.3) is 16.7 Å². The predicted molar refractivity (Wildman–Crippen MR) is 153 cm³/mol. The summed E-state index contributed by atoms with van der Waals surface area (Å²) in [5.41, 5.74) is 0.265. The van der Waals surface area contributed by atoms with Crippen molar-refractivity contribution in [3.05, 3.63) is 98.1 Å². The fourth-order valence-corrected chi connectivity index (χ4v) is 4.06. The number of nitrogens with zero attached hydrogens (tertiary/aromatic N) is 5. The molecule has 12 heteroatoms. The summed E-state index contributed by atoms with van der Waals surface area (Å²) in [7, 11) is 0. The van der Waals surface area contributed by atoms with Crippen LogP contribution >= 0.6 is 0 Å². The van der Waals surface area contributed by atoms with E-state index in [0.29, 0.717) is 18.7 Å². The van der Waals surface area contributed by atoms with Gasteiger partial charge in [-0.05, 0) is 51.8 Å². The Morgan fingerprint density at radius 1 is 1.27 bits per heavy atom. The lowest BCUT2D eigenvalue weighted by Crippen LogP contribution is -2.33. The zero-order chi connectivity index (χ0) is 30.1. The maximum atomic E-state index is 13.6. The second-order valence-corrected chi connectivity index (χ2v) is 9.28. The van der Waals surface area contributed by atoms with Crippen molar-refractivity contribution in [1.29, 1.82) is 0 Å². The van der Waals surface area contributed by atoms with Crippen LogP contribution in [-0.4, -0.2) is 50.1 Å². The van der Waals surface area contributed by atoms with E-state index in [2.05, 4.69) is 11.6 Å². The lowest BCUT2D eigenvalue weighted by Gasteiger charge is -2.16. The fraction of sp³-hybridized carbons (Fsp3) is 0.345. The molecule has 3 aromatic heterocycles. The molecule has 0 fully saturated rings. The van der Waals surface area contributed by atoms with Gasteiger partial charge in [-0.15, -0.1) is 0 Å². The molecule has 0 bridgehead atoms. The van der Waals surface area contributed by atoms with Crippen molar-refractivity contribution in [3.8, 4) is 0 Å². The van der Waals surface area contributed by atoms with Crippen LogP contribution in [0.2, 0.25) is 0 Å². The van der Waals surface area contributed by atoms with Gasteiger partial charge >= 0.3 is 5.97 Å². The van der Waals surface area contributed by atoms with Gasteiger partial charge in [0, 0.05) is 25.4 Å². The van der Waals surface area contributed by atoms with Gasteiger partial charge in [0.05, 0.1) is 23.0 Å². The third-order valence-electron chi connectivity index (χ3n) is 5.91. The first-order valence-corrected chi connectivity index (χ1v) is 13.1. The van der Waals surface area contributed by atoms with Crippen molar-refractivity contribution in [2.75, 3.05) is 13.2 Å². The van der Waals surface area contributed by atoms with Crippen LogP contribution in [0.4, 0.5) is 0 Å². The van der Waals surface area contributed by atoms with Crippen LogP contribution in [0.5, 0.6) is 0 Å². The number of esters is 1. The maximum Gasteiger partial charge on any atom is 0.341 e. The molecule has 216 valence electrons. The highest BCUT2D eigenvalue weighted by Gasteiger charge is 2.22. The standard InChI is InChI=1S/C29H33N5O7/c1-6-8-9-13-21(34(38)39)17-24(35)30-27-23(29(37)40-7-2)18-22-26(32(27)15-11-16-41-19(3)4)31-25-20(5)12-10-14-33(25)28(22)36/h6,8-10,12-14,18-19H,1,7,11,15-17H2,2-5H3/b9-8+,21-13-,30-27?.